The Morgan fingerprint density at radius 1 is 0.912 bits per heavy atom. The minimum atomic E-state index is -0.666. The molecule has 0 saturated carbocycles. The van der Waals surface area contributed by atoms with Crippen molar-refractivity contribution in [3.8, 4) is 12.1 Å². The maximum absolute atomic E-state index is 12.5. The van der Waals surface area contributed by atoms with Crippen LogP contribution in [0.3, 0.4) is 0 Å². The number of carbonyl (C=O) groups excluding carboxylic acids is 3. The molecule has 2 heterocycles. The van der Waals surface area contributed by atoms with Gasteiger partial charge in [-0.3, -0.25) is 14.5 Å². The Morgan fingerprint density at radius 2 is 1.50 bits per heavy atom. The largest absolute Gasteiger partial charge is 0.405 e. The van der Waals surface area contributed by atoms with Crippen molar-refractivity contribution in [1.82, 2.24) is 4.90 Å². The average Bonchev–Trinajstić information content (AvgIpc) is 3.31. The van der Waals surface area contributed by atoms with Crippen LogP contribution in [0.2, 0.25) is 0 Å². The van der Waals surface area contributed by atoms with Gasteiger partial charge in [0.25, 0.3) is 11.8 Å². The van der Waals surface area contributed by atoms with Crippen LogP contribution in [-0.4, -0.2) is 48.2 Å². The Kier molecular flexibility index (Phi) is 6.47. The van der Waals surface area contributed by atoms with Gasteiger partial charge in [-0.15, -0.1) is 0 Å². The molecular formula is C25H19N5O4. The summed E-state index contributed by atoms with van der Waals surface area (Å²) in [6.45, 7) is 0.786. The highest BCUT2D eigenvalue weighted by molar-refractivity contribution is 6.23. The Morgan fingerprint density at radius 3 is 2.06 bits per heavy atom. The monoisotopic (exact) mass is 453 g/mol. The van der Waals surface area contributed by atoms with Crippen molar-refractivity contribution in [3.63, 3.8) is 0 Å². The number of cyclic esters (lactones) is 1. The molecule has 0 aliphatic carbocycles. The first-order valence-corrected chi connectivity index (χ1v) is 10.6. The fourth-order valence-electron chi connectivity index (χ4n) is 3.72. The first-order valence-electron chi connectivity index (χ1n) is 10.6. The Labute approximate surface area is 195 Å². The van der Waals surface area contributed by atoms with Gasteiger partial charge in [0.2, 0.25) is 5.90 Å². The van der Waals surface area contributed by atoms with Crippen molar-refractivity contribution in [2.75, 3.05) is 24.5 Å². The molecule has 0 unspecified atom stereocenters. The number of anilines is 1. The smallest absolute Gasteiger partial charge is 0.363 e. The van der Waals surface area contributed by atoms with Gasteiger partial charge >= 0.3 is 5.97 Å². The van der Waals surface area contributed by atoms with Gasteiger partial charge in [-0.25, -0.2) is 9.79 Å². The highest BCUT2D eigenvalue weighted by Gasteiger charge is 2.37. The highest BCUT2D eigenvalue weighted by atomic mass is 16.6. The molecule has 2 aromatic rings. The van der Waals surface area contributed by atoms with Gasteiger partial charge in [0.05, 0.1) is 36.1 Å². The molecule has 2 aromatic carbocycles. The second kappa shape index (κ2) is 9.80. The maximum Gasteiger partial charge on any atom is 0.363 e. The van der Waals surface area contributed by atoms with Crippen LogP contribution in [0.5, 0.6) is 0 Å². The zero-order chi connectivity index (χ0) is 24.1. The predicted molar refractivity (Wildman–Crippen MR) is 122 cm³/mol. The summed E-state index contributed by atoms with van der Waals surface area (Å²) in [4.78, 5) is 44.5. The van der Waals surface area contributed by atoms with E-state index in [1.54, 1.807) is 42.5 Å². The number of benzene rings is 2. The van der Waals surface area contributed by atoms with Gasteiger partial charge in [-0.1, -0.05) is 24.3 Å². The zero-order valence-corrected chi connectivity index (χ0v) is 18.1. The van der Waals surface area contributed by atoms with Crippen molar-refractivity contribution < 1.29 is 19.1 Å². The summed E-state index contributed by atoms with van der Waals surface area (Å²) >= 11 is 0. The molecule has 0 N–H and O–H groups in total. The lowest BCUT2D eigenvalue weighted by atomic mass is 10.1. The van der Waals surface area contributed by atoms with Crippen molar-refractivity contribution in [1.29, 1.82) is 10.5 Å². The van der Waals surface area contributed by atoms with E-state index in [1.165, 1.54) is 0 Å². The van der Waals surface area contributed by atoms with Gasteiger partial charge in [0, 0.05) is 18.8 Å². The normalized spacial score (nSPS) is 15.6. The molecule has 2 aliphatic heterocycles. The fourth-order valence-corrected chi connectivity index (χ4v) is 3.72. The summed E-state index contributed by atoms with van der Waals surface area (Å²) in [7, 11) is 0. The summed E-state index contributed by atoms with van der Waals surface area (Å²) < 4.78 is 5.18. The molecule has 4 rings (SSSR count). The predicted octanol–water partition coefficient (Wildman–Crippen LogP) is 2.91. The van der Waals surface area contributed by atoms with Gasteiger partial charge in [-0.2, -0.15) is 10.5 Å². The summed E-state index contributed by atoms with van der Waals surface area (Å²) in [5, 5.41) is 17.7. The molecule has 168 valence electrons. The lowest BCUT2D eigenvalue weighted by Crippen LogP contribution is -2.35. The molecule has 0 fully saturated rings. The molecule has 2 amide bonds. The molecular weight excluding hydrogens is 434 g/mol. The first kappa shape index (κ1) is 22.4. The molecule has 2 aliphatic rings. The molecule has 0 spiro atoms. The maximum atomic E-state index is 12.5. The number of ether oxygens (including phenoxy) is 1. The summed E-state index contributed by atoms with van der Waals surface area (Å²) in [5.41, 5.74) is 2.24. The summed E-state index contributed by atoms with van der Waals surface area (Å²) in [5.74, 6) is -1.60. The molecule has 0 atom stereocenters. The van der Waals surface area contributed by atoms with Crippen LogP contribution in [0.15, 0.2) is 59.2 Å². The van der Waals surface area contributed by atoms with Gasteiger partial charge in [-0.05, 0) is 35.9 Å². The van der Waals surface area contributed by atoms with Gasteiger partial charge in [0.15, 0.2) is 5.70 Å². The number of imide groups is 1. The average molecular weight is 453 g/mol. The Bertz CT molecular complexity index is 1240. The van der Waals surface area contributed by atoms with E-state index in [1.807, 2.05) is 17.0 Å². The van der Waals surface area contributed by atoms with Crippen LogP contribution >= 0.6 is 0 Å². The van der Waals surface area contributed by atoms with Crippen LogP contribution in [0.4, 0.5) is 5.69 Å². The molecule has 9 heteroatoms. The number of esters is 1. The summed E-state index contributed by atoms with van der Waals surface area (Å²) in [6.07, 6.45) is 2.23. The second-order valence-corrected chi connectivity index (χ2v) is 7.56. The third-order valence-corrected chi connectivity index (χ3v) is 5.39. The summed E-state index contributed by atoms with van der Waals surface area (Å²) in [6, 6.07) is 18.0. The Balaban J connectivity index is 1.47. The second-order valence-electron chi connectivity index (χ2n) is 7.56. The van der Waals surface area contributed by atoms with E-state index >= 15 is 0 Å². The molecule has 34 heavy (non-hydrogen) atoms. The van der Waals surface area contributed by atoms with Crippen molar-refractivity contribution in [3.05, 3.63) is 70.9 Å². The third-order valence-electron chi connectivity index (χ3n) is 5.39. The van der Waals surface area contributed by atoms with Gasteiger partial charge in [0.1, 0.15) is 6.54 Å². The van der Waals surface area contributed by atoms with E-state index in [0.717, 1.165) is 10.6 Å². The zero-order valence-electron chi connectivity index (χ0n) is 18.1. The number of carbonyl (C=O) groups is 3. The standard InChI is InChI=1S/C25H19N5O4/c26-11-3-13-29(14-4-12-27)18-9-7-17(8-10-18)15-21-25(33)34-22(28-21)16-30-23(31)19-5-1-2-6-20(19)24(30)32/h1-2,5-10,15H,3-4,13-14,16H2/b21-15-. The lowest BCUT2D eigenvalue weighted by molar-refractivity contribution is -0.130. The fraction of sp³-hybridized carbons (Fsp3) is 0.200. The molecule has 0 aromatic heterocycles. The van der Waals surface area contributed by atoms with Crippen molar-refractivity contribution in [2.45, 2.75) is 12.8 Å². The van der Waals surface area contributed by atoms with Crippen LogP contribution in [0.25, 0.3) is 6.08 Å². The number of nitriles is 2. The van der Waals surface area contributed by atoms with E-state index in [4.69, 9.17) is 15.3 Å². The van der Waals surface area contributed by atoms with E-state index < -0.39 is 17.8 Å². The number of aliphatic imine (C=N–C) groups is 1. The highest BCUT2D eigenvalue weighted by Crippen LogP contribution is 2.24. The van der Waals surface area contributed by atoms with Crippen LogP contribution in [-0.2, 0) is 9.53 Å². The molecule has 0 bridgehead atoms. The third kappa shape index (κ3) is 4.54. The number of hydrogen-bond acceptors (Lipinski definition) is 8. The minimum absolute atomic E-state index is 0.0263. The lowest BCUT2D eigenvalue weighted by Gasteiger charge is -2.22. The van der Waals surface area contributed by atoms with Crippen molar-refractivity contribution >= 4 is 35.4 Å². The topological polar surface area (TPSA) is 127 Å². The SMILES string of the molecule is N#CCCN(CCC#N)c1ccc(/C=C2\N=C(CN3C(=O)c4ccccc4C3=O)OC2=O)cc1. The number of fused-ring (bicyclic) bond motifs is 1. The molecule has 0 saturated heterocycles. The number of nitrogens with zero attached hydrogens (tertiary/aromatic N) is 5. The Hall–Kier alpha value is -4.76. The van der Waals surface area contributed by atoms with E-state index in [0.29, 0.717) is 42.6 Å². The first-order chi connectivity index (χ1) is 16.5. The van der Waals surface area contributed by atoms with Crippen molar-refractivity contribution in [2.24, 2.45) is 4.99 Å². The minimum Gasteiger partial charge on any atom is -0.405 e. The van der Waals surface area contributed by atoms with Crippen LogP contribution < -0.4 is 4.90 Å². The number of rotatable bonds is 8. The molecule has 9 nitrogen and oxygen atoms in total. The van der Waals surface area contributed by atoms with Crippen LogP contribution in [0, 0.1) is 22.7 Å². The number of hydrogen-bond donors (Lipinski definition) is 0. The van der Waals surface area contributed by atoms with Gasteiger partial charge < -0.3 is 9.64 Å². The van der Waals surface area contributed by atoms with E-state index in [2.05, 4.69) is 17.1 Å². The quantitative estimate of drug-likeness (QED) is 0.342. The van der Waals surface area contributed by atoms with E-state index in [9.17, 15) is 14.4 Å². The number of amides is 2. The molecule has 0 radical (unpaired) electrons. The van der Waals surface area contributed by atoms with E-state index in [-0.39, 0.29) is 18.1 Å². The van der Waals surface area contributed by atoms with Crippen LogP contribution in [0.1, 0.15) is 39.1 Å².